The van der Waals surface area contributed by atoms with E-state index in [1.807, 2.05) is 33.2 Å². The second kappa shape index (κ2) is 16.7. The number of nitrogens with one attached hydrogen (secondary N) is 1. The molecule has 49 heavy (non-hydrogen) atoms. The van der Waals surface area contributed by atoms with Crippen molar-refractivity contribution >= 4 is 6.09 Å². The predicted octanol–water partition coefficient (Wildman–Crippen LogP) is 5.22. The monoisotopic (exact) mass is 691 g/mol. The quantitative estimate of drug-likeness (QED) is 0.287. The Kier molecular flexibility index (Phi) is 13.9. The van der Waals surface area contributed by atoms with Crippen LogP contribution in [0.4, 0.5) is 4.79 Å². The highest BCUT2D eigenvalue weighted by Gasteiger charge is 2.42. The van der Waals surface area contributed by atoms with Gasteiger partial charge in [-0.25, -0.2) is 14.8 Å². The van der Waals surface area contributed by atoms with Gasteiger partial charge in [0, 0.05) is 88.2 Å². The van der Waals surface area contributed by atoms with E-state index in [-0.39, 0.29) is 23.5 Å². The van der Waals surface area contributed by atoms with Gasteiger partial charge >= 0.3 is 6.09 Å². The average molecular weight is 691 g/mol. The first-order valence-corrected chi connectivity index (χ1v) is 18.0. The van der Waals surface area contributed by atoms with Crippen LogP contribution in [0.1, 0.15) is 124 Å². The van der Waals surface area contributed by atoms with Gasteiger partial charge in [-0.15, -0.1) is 0 Å². The summed E-state index contributed by atoms with van der Waals surface area (Å²) >= 11 is 0. The molecule has 2 aromatic heterocycles. The number of aliphatic hydroxyl groups is 2. The molecule has 12 heteroatoms. The van der Waals surface area contributed by atoms with Crippen LogP contribution in [0.15, 0.2) is 12.4 Å². The maximum atomic E-state index is 12.5. The summed E-state index contributed by atoms with van der Waals surface area (Å²) in [4.78, 5) is 23.3. The summed E-state index contributed by atoms with van der Waals surface area (Å²) in [5.74, 6) is 1.43. The van der Waals surface area contributed by atoms with Gasteiger partial charge < -0.3 is 43.8 Å². The molecule has 2 atom stereocenters. The van der Waals surface area contributed by atoms with Gasteiger partial charge in [0.1, 0.15) is 28.5 Å². The summed E-state index contributed by atoms with van der Waals surface area (Å²) < 4.78 is 20.2. The van der Waals surface area contributed by atoms with E-state index < -0.39 is 16.8 Å². The van der Waals surface area contributed by atoms with Crippen LogP contribution < -0.4 is 5.32 Å². The van der Waals surface area contributed by atoms with Crippen molar-refractivity contribution in [2.45, 2.75) is 142 Å². The van der Waals surface area contributed by atoms with Gasteiger partial charge in [-0.3, -0.25) is 0 Å². The molecule has 2 fully saturated rings. The number of carbonyl (C=O) groups excluding carboxylic acids is 1. The first-order valence-electron chi connectivity index (χ1n) is 18.0. The second-order valence-electron chi connectivity index (χ2n) is 16.8. The molecule has 2 aliphatic heterocycles. The van der Waals surface area contributed by atoms with Crippen LogP contribution in [0, 0.1) is 0 Å². The number of carbonyl (C=O) groups is 1. The number of piperidine rings is 2. The van der Waals surface area contributed by atoms with Crippen LogP contribution >= 0.6 is 0 Å². The Labute approximate surface area is 294 Å². The first kappa shape index (κ1) is 40.9. The Hall–Kier alpha value is -2.51. The zero-order chi connectivity index (χ0) is 36.7. The average Bonchev–Trinajstić information content (AvgIpc) is 3.63. The standard InChI is InChI=1S/C21H37N3O4.C16H29N3O2/c1-19(2,3)16-14-22-17(24(16)12-9-13-27-7)21(26)10-8-11-23(15-21)18(25)28-20(4,5)6;1-15(2,3)13-11-18-14(19(13)9-6-10-21-4)16(20)7-5-8-17-12-16/h14,26H,8-13,15H2,1-7H3;11,17,20H,5-10,12H2,1-4H3. The topological polar surface area (TPSA) is 136 Å². The highest BCUT2D eigenvalue weighted by Crippen LogP contribution is 2.35. The smallest absolute Gasteiger partial charge is 0.410 e. The number of amides is 1. The number of imidazole rings is 2. The van der Waals surface area contributed by atoms with Crippen molar-refractivity contribution < 1.29 is 29.2 Å². The van der Waals surface area contributed by atoms with Gasteiger partial charge in [0.05, 0.1) is 6.54 Å². The Bertz CT molecular complexity index is 1330. The molecule has 2 unspecified atom stereocenters. The van der Waals surface area contributed by atoms with Crippen LogP contribution in [0.25, 0.3) is 0 Å². The molecular weight excluding hydrogens is 624 g/mol. The summed E-state index contributed by atoms with van der Waals surface area (Å²) in [6.07, 6.45) is 8.15. The fourth-order valence-corrected chi connectivity index (χ4v) is 6.66. The maximum Gasteiger partial charge on any atom is 0.410 e. The van der Waals surface area contributed by atoms with E-state index in [4.69, 9.17) is 14.2 Å². The van der Waals surface area contributed by atoms with E-state index in [0.29, 0.717) is 44.9 Å². The molecule has 1 amide bonds. The summed E-state index contributed by atoms with van der Waals surface area (Å²) in [5.41, 5.74) is -0.454. The molecule has 0 saturated carbocycles. The summed E-state index contributed by atoms with van der Waals surface area (Å²) in [5, 5.41) is 25.8. The third-order valence-electron chi connectivity index (χ3n) is 9.02. The third kappa shape index (κ3) is 11.0. The highest BCUT2D eigenvalue weighted by molar-refractivity contribution is 5.68. The number of β-amino-alcohol motifs (C(OH)–C–C–N with tert-alkyl or cyclic N) is 2. The third-order valence-corrected chi connectivity index (χ3v) is 9.02. The number of ether oxygens (including phenoxy) is 3. The maximum absolute atomic E-state index is 12.5. The molecule has 12 nitrogen and oxygen atoms in total. The molecule has 3 N–H and O–H groups in total. The Morgan fingerprint density at radius 2 is 1.31 bits per heavy atom. The normalized spacial score (nSPS) is 22.1. The molecule has 2 aromatic rings. The van der Waals surface area contributed by atoms with Crippen LogP contribution in [-0.4, -0.2) is 99.5 Å². The van der Waals surface area contributed by atoms with E-state index in [2.05, 4.69) is 66.0 Å². The molecule has 0 spiro atoms. The minimum Gasteiger partial charge on any atom is -0.444 e. The Balaban J connectivity index is 0.000000276. The van der Waals surface area contributed by atoms with Crippen molar-refractivity contribution in [1.82, 2.24) is 29.3 Å². The number of aromatic nitrogens is 4. The van der Waals surface area contributed by atoms with Gasteiger partial charge in [-0.05, 0) is 65.8 Å². The number of likely N-dealkylation sites (tertiary alicyclic amines) is 1. The van der Waals surface area contributed by atoms with E-state index in [1.54, 1.807) is 19.1 Å². The zero-order valence-corrected chi connectivity index (χ0v) is 32.3. The van der Waals surface area contributed by atoms with Gasteiger partial charge in [-0.1, -0.05) is 41.5 Å². The fourth-order valence-electron chi connectivity index (χ4n) is 6.66. The second-order valence-corrected chi connectivity index (χ2v) is 16.8. The lowest BCUT2D eigenvalue weighted by Gasteiger charge is -2.39. The van der Waals surface area contributed by atoms with Crippen molar-refractivity contribution in [3.05, 3.63) is 35.4 Å². The number of hydrogen-bond donors (Lipinski definition) is 3. The van der Waals surface area contributed by atoms with Crippen LogP contribution in [-0.2, 0) is 49.3 Å². The molecule has 2 aliphatic rings. The van der Waals surface area contributed by atoms with Crippen molar-refractivity contribution in [1.29, 1.82) is 0 Å². The summed E-state index contributed by atoms with van der Waals surface area (Å²) in [6, 6.07) is 0. The molecule has 4 rings (SSSR count). The van der Waals surface area contributed by atoms with Crippen LogP contribution in [0.2, 0.25) is 0 Å². The highest BCUT2D eigenvalue weighted by atomic mass is 16.6. The number of hydrogen-bond acceptors (Lipinski definition) is 9. The van der Waals surface area contributed by atoms with Gasteiger partial charge in [-0.2, -0.15) is 0 Å². The Morgan fingerprint density at radius 1 is 0.816 bits per heavy atom. The molecule has 0 aromatic carbocycles. The zero-order valence-electron chi connectivity index (χ0n) is 32.3. The van der Waals surface area contributed by atoms with E-state index >= 15 is 0 Å². The lowest BCUT2D eigenvalue weighted by Crippen LogP contribution is -2.51. The SMILES string of the molecule is COCCCn1c(C(C)(C)C)cnc1C1(O)CCCN(C(=O)OC(C)(C)C)C1.COCCCn1c(C(C)(C)C)cnc1C1(O)CCCNC1. The van der Waals surface area contributed by atoms with Crippen molar-refractivity contribution in [3.8, 4) is 0 Å². The Morgan fingerprint density at radius 3 is 1.73 bits per heavy atom. The number of rotatable bonds is 10. The number of methoxy groups -OCH3 is 2. The fraction of sp³-hybridized carbons (Fsp3) is 0.811. The lowest BCUT2D eigenvalue weighted by molar-refractivity contribution is -0.0535. The van der Waals surface area contributed by atoms with Crippen molar-refractivity contribution in [3.63, 3.8) is 0 Å². The van der Waals surface area contributed by atoms with E-state index in [9.17, 15) is 15.0 Å². The first-order chi connectivity index (χ1) is 22.8. The van der Waals surface area contributed by atoms with Crippen molar-refractivity contribution in [2.75, 3.05) is 53.6 Å². The molecule has 0 radical (unpaired) electrons. The summed E-state index contributed by atoms with van der Waals surface area (Å²) in [6.45, 7) is 23.7. The molecular formula is C37H66N6O6. The van der Waals surface area contributed by atoms with Crippen LogP contribution in [0.3, 0.4) is 0 Å². The molecule has 2 saturated heterocycles. The lowest BCUT2D eigenvalue weighted by atomic mass is 9.90. The van der Waals surface area contributed by atoms with Gasteiger partial charge in [0.15, 0.2) is 0 Å². The molecule has 0 aliphatic carbocycles. The van der Waals surface area contributed by atoms with E-state index in [0.717, 1.165) is 56.9 Å². The van der Waals surface area contributed by atoms with Gasteiger partial charge in [0.2, 0.25) is 0 Å². The van der Waals surface area contributed by atoms with Crippen molar-refractivity contribution in [2.24, 2.45) is 0 Å². The van der Waals surface area contributed by atoms with E-state index in [1.165, 1.54) is 5.69 Å². The molecule has 0 bridgehead atoms. The van der Waals surface area contributed by atoms with Crippen LogP contribution in [0.5, 0.6) is 0 Å². The molecule has 4 heterocycles. The van der Waals surface area contributed by atoms with Gasteiger partial charge in [0.25, 0.3) is 0 Å². The summed E-state index contributed by atoms with van der Waals surface area (Å²) in [7, 11) is 3.41. The number of nitrogens with zero attached hydrogens (tertiary/aromatic N) is 5. The molecule has 280 valence electrons. The minimum absolute atomic E-state index is 0.0107. The minimum atomic E-state index is -1.19. The predicted molar refractivity (Wildman–Crippen MR) is 192 cm³/mol. The largest absolute Gasteiger partial charge is 0.444 e.